The van der Waals surface area contributed by atoms with Gasteiger partial charge in [-0.05, 0) is 61.4 Å². The van der Waals surface area contributed by atoms with Gasteiger partial charge in [-0.25, -0.2) is 8.42 Å². The van der Waals surface area contributed by atoms with Gasteiger partial charge in [-0.1, -0.05) is 35.9 Å². The molecule has 0 N–H and O–H groups in total. The molecule has 3 aromatic carbocycles. The van der Waals surface area contributed by atoms with Crippen LogP contribution in [0.25, 0.3) is 0 Å². The van der Waals surface area contributed by atoms with E-state index in [1.54, 1.807) is 60.5 Å². The molecule has 0 bridgehead atoms. The van der Waals surface area contributed by atoms with E-state index in [4.69, 9.17) is 4.74 Å². The molecule has 0 saturated heterocycles. The third kappa shape index (κ3) is 4.14. The first kappa shape index (κ1) is 20.9. The number of benzene rings is 3. The molecule has 0 atom stereocenters. The Bertz CT molecular complexity index is 1190. The molecule has 0 spiro atoms. The van der Waals surface area contributed by atoms with Crippen molar-refractivity contribution in [2.45, 2.75) is 18.2 Å². The Morgan fingerprint density at radius 3 is 2.35 bits per heavy atom. The summed E-state index contributed by atoms with van der Waals surface area (Å²) in [6.45, 7) is 2.14. The molecule has 3 aromatic rings. The van der Waals surface area contributed by atoms with Crippen molar-refractivity contribution in [1.82, 2.24) is 0 Å². The molecule has 31 heavy (non-hydrogen) atoms. The summed E-state index contributed by atoms with van der Waals surface area (Å²) in [7, 11) is -2.40. The fourth-order valence-electron chi connectivity index (χ4n) is 3.71. The Balaban J connectivity index is 1.70. The van der Waals surface area contributed by atoms with E-state index in [1.165, 1.54) is 4.31 Å². The minimum Gasteiger partial charge on any atom is -0.497 e. The fourth-order valence-corrected chi connectivity index (χ4v) is 5.12. The van der Waals surface area contributed by atoms with Gasteiger partial charge in [0.05, 0.1) is 17.7 Å². The zero-order valence-corrected chi connectivity index (χ0v) is 18.3. The normalized spacial score (nSPS) is 13.0. The lowest BCUT2D eigenvalue weighted by Crippen LogP contribution is -2.42. The summed E-state index contributed by atoms with van der Waals surface area (Å²) in [4.78, 5) is 15.0. The topological polar surface area (TPSA) is 66.9 Å². The lowest BCUT2D eigenvalue weighted by atomic mass is 10.2. The van der Waals surface area contributed by atoms with Crippen molar-refractivity contribution in [1.29, 1.82) is 0 Å². The van der Waals surface area contributed by atoms with Gasteiger partial charge in [0.1, 0.15) is 12.3 Å². The molecule has 0 radical (unpaired) electrons. The molecule has 0 fully saturated rings. The fraction of sp³-hybridized carbons (Fsp3) is 0.208. The minimum absolute atomic E-state index is 0.142. The number of hydrogen-bond acceptors (Lipinski definition) is 4. The van der Waals surface area contributed by atoms with Crippen molar-refractivity contribution in [3.8, 4) is 5.75 Å². The second kappa shape index (κ2) is 8.43. The number of amides is 1. The van der Waals surface area contributed by atoms with Crippen LogP contribution in [0.15, 0.2) is 77.7 Å². The van der Waals surface area contributed by atoms with E-state index in [9.17, 15) is 13.2 Å². The minimum atomic E-state index is -3.95. The van der Waals surface area contributed by atoms with E-state index in [-0.39, 0.29) is 17.3 Å². The zero-order valence-electron chi connectivity index (χ0n) is 17.5. The van der Waals surface area contributed by atoms with Crippen LogP contribution in [0.2, 0.25) is 0 Å². The highest BCUT2D eigenvalue weighted by atomic mass is 32.2. The quantitative estimate of drug-likeness (QED) is 0.590. The molecular formula is C24H24N2O4S. The Labute approximate surface area is 182 Å². The molecule has 0 unspecified atom stereocenters. The highest BCUT2D eigenvalue weighted by Crippen LogP contribution is 2.30. The number of methoxy groups -OCH3 is 1. The second-order valence-corrected chi connectivity index (χ2v) is 9.31. The molecule has 160 valence electrons. The maximum Gasteiger partial charge on any atom is 0.264 e. The first-order valence-corrected chi connectivity index (χ1v) is 11.5. The first-order chi connectivity index (χ1) is 14.9. The average molecular weight is 437 g/mol. The number of carbonyl (C=O) groups is 1. The zero-order chi connectivity index (χ0) is 22.0. The highest BCUT2D eigenvalue weighted by Gasteiger charge is 2.31. The van der Waals surface area contributed by atoms with Gasteiger partial charge in [-0.2, -0.15) is 0 Å². The molecule has 4 rings (SSSR count). The van der Waals surface area contributed by atoms with Crippen LogP contribution in [0.4, 0.5) is 11.4 Å². The summed E-state index contributed by atoms with van der Waals surface area (Å²) in [6.07, 6.45) is 0.759. The second-order valence-electron chi connectivity index (χ2n) is 7.45. The van der Waals surface area contributed by atoms with E-state index in [0.717, 1.165) is 23.2 Å². The van der Waals surface area contributed by atoms with Crippen LogP contribution >= 0.6 is 0 Å². The van der Waals surface area contributed by atoms with Crippen LogP contribution < -0.4 is 13.9 Å². The Morgan fingerprint density at radius 2 is 1.68 bits per heavy atom. The van der Waals surface area contributed by atoms with Crippen LogP contribution in [0.5, 0.6) is 5.75 Å². The molecule has 1 aliphatic rings. The largest absolute Gasteiger partial charge is 0.497 e. The van der Waals surface area contributed by atoms with Crippen LogP contribution in [0.1, 0.15) is 11.1 Å². The van der Waals surface area contributed by atoms with Gasteiger partial charge in [0.15, 0.2) is 0 Å². The number of para-hydroxylation sites is 1. The summed E-state index contributed by atoms with van der Waals surface area (Å²) in [5.74, 6) is 0.340. The monoisotopic (exact) mass is 436 g/mol. The van der Waals surface area contributed by atoms with Crippen molar-refractivity contribution in [2.24, 2.45) is 0 Å². The lowest BCUT2D eigenvalue weighted by molar-refractivity contribution is -0.117. The molecule has 0 aromatic heterocycles. The van der Waals surface area contributed by atoms with E-state index < -0.39 is 10.0 Å². The summed E-state index contributed by atoms with van der Waals surface area (Å²) < 4.78 is 33.4. The van der Waals surface area contributed by atoms with E-state index >= 15 is 0 Å². The van der Waals surface area contributed by atoms with Crippen LogP contribution in [-0.4, -0.2) is 34.5 Å². The molecule has 0 aliphatic carbocycles. The van der Waals surface area contributed by atoms with Gasteiger partial charge in [-0.15, -0.1) is 0 Å². The number of hydrogen-bond donors (Lipinski definition) is 0. The van der Waals surface area contributed by atoms with Gasteiger partial charge in [-0.3, -0.25) is 9.10 Å². The van der Waals surface area contributed by atoms with Gasteiger partial charge in [0.25, 0.3) is 10.0 Å². The van der Waals surface area contributed by atoms with E-state index in [2.05, 4.69) is 0 Å². The van der Waals surface area contributed by atoms with Gasteiger partial charge < -0.3 is 9.64 Å². The van der Waals surface area contributed by atoms with Gasteiger partial charge in [0, 0.05) is 12.2 Å². The van der Waals surface area contributed by atoms with Gasteiger partial charge in [0.2, 0.25) is 5.91 Å². The third-order valence-electron chi connectivity index (χ3n) is 5.44. The number of ether oxygens (including phenoxy) is 1. The molecule has 7 heteroatoms. The number of carbonyl (C=O) groups excluding carboxylic acids is 1. The van der Waals surface area contributed by atoms with Crippen molar-refractivity contribution in [3.05, 3.63) is 83.9 Å². The van der Waals surface area contributed by atoms with Crippen molar-refractivity contribution < 1.29 is 17.9 Å². The molecule has 1 amide bonds. The van der Waals surface area contributed by atoms with E-state index in [0.29, 0.717) is 18.0 Å². The Kier molecular flexibility index (Phi) is 5.69. The maximum absolute atomic E-state index is 13.5. The molecule has 1 heterocycles. The molecule has 0 saturated carbocycles. The Hall–Kier alpha value is -3.32. The number of rotatable bonds is 6. The standard InChI is InChI=1S/C24H24N2O4S/c1-18-7-13-22(14-8-18)31(28,29)26(20-9-11-21(30-2)12-10-20)17-24(27)25-16-15-19-5-3-4-6-23(19)25/h3-14H,15-17H2,1-2H3. The first-order valence-electron chi connectivity index (χ1n) is 10.0. The predicted octanol–water partition coefficient (Wildman–Crippen LogP) is 3.79. The number of nitrogens with zero attached hydrogens (tertiary/aromatic N) is 2. The van der Waals surface area contributed by atoms with Gasteiger partial charge >= 0.3 is 0 Å². The third-order valence-corrected chi connectivity index (χ3v) is 7.22. The summed E-state index contributed by atoms with van der Waals surface area (Å²) >= 11 is 0. The Morgan fingerprint density at radius 1 is 1.00 bits per heavy atom. The van der Waals surface area contributed by atoms with Crippen LogP contribution in [-0.2, 0) is 21.2 Å². The summed E-state index contributed by atoms with van der Waals surface area (Å²) in [5, 5.41) is 0. The van der Waals surface area contributed by atoms with Crippen molar-refractivity contribution in [3.63, 3.8) is 0 Å². The van der Waals surface area contributed by atoms with Crippen LogP contribution in [0.3, 0.4) is 0 Å². The van der Waals surface area contributed by atoms with Crippen molar-refractivity contribution >= 4 is 27.3 Å². The van der Waals surface area contributed by atoms with Crippen LogP contribution in [0, 0.1) is 6.92 Å². The molecule has 6 nitrogen and oxygen atoms in total. The maximum atomic E-state index is 13.5. The number of sulfonamides is 1. The molecular weight excluding hydrogens is 412 g/mol. The summed E-state index contributed by atoms with van der Waals surface area (Å²) in [5.41, 5.74) is 3.30. The van der Waals surface area contributed by atoms with Crippen molar-refractivity contribution in [2.75, 3.05) is 29.4 Å². The predicted molar refractivity (Wildman–Crippen MR) is 121 cm³/mol. The number of fused-ring (bicyclic) bond motifs is 1. The average Bonchev–Trinajstić information content (AvgIpc) is 3.22. The number of anilines is 2. The summed E-state index contributed by atoms with van der Waals surface area (Å²) in [6, 6.07) is 21.0. The number of aryl methyl sites for hydroxylation is 1. The molecule has 1 aliphatic heterocycles. The highest BCUT2D eigenvalue weighted by molar-refractivity contribution is 7.92. The smallest absolute Gasteiger partial charge is 0.264 e. The lowest BCUT2D eigenvalue weighted by Gasteiger charge is -2.27. The SMILES string of the molecule is COc1ccc(N(CC(=O)N2CCc3ccccc32)S(=O)(=O)c2ccc(C)cc2)cc1. The van der Waals surface area contributed by atoms with E-state index in [1.807, 2.05) is 31.2 Å².